The normalized spacial score (nSPS) is 31.9. The zero-order valence-electron chi connectivity index (χ0n) is 24.4. The van der Waals surface area contributed by atoms with Gasteiger partial charge in [0.15, 0.2) is 11.5 Å². The van der Waals surface area contributed by atoms with Crippen molar-refractivity contribution in [1.82, 2.24) is 5.32 Å². The fraction of sp³-hybridized carbons (Fsp3) is 0.452. The van der Waals surface area contributed by atoms with Crippen LogP contribution < -0.4 is 14.8 Å². The molecule has 2 aromatic rings. The lowest BCUT2D eigenvalue weighted by molar-refractivity contribution is -0.155. The topological polar surface area (TPSA) is 176 Å². The van der Waals surface area contributed by atoms with Crippen LogP contribution >= 0.6 is 11.6 Å². The molecule has 12 nitrogen and oxygen atoms in total. The van der Waals surface area contributed by atoms with E-state index in [1.807, 2.05) is 0 Å². The van der Waals surface area contributed by atoms with E-state index < -0.39 is 66.8 Å². The Kier molecular flexibility index (Phi) is 10.3. The maximum absolute atomic E-state index is 13.4. The quantitative estimate of drug-likeness (QED) is 0.172. The fourth-order valence-electron chi connectivity index (χ4n) is 5.49. The van der Waals surface area contributed by atoms with Crippen molar-refractivity contribution in [2.75, 3.05) is 13.4 Å². The number of phenolic OH excluding ortho intramolecular Hbond substituents is 1. The highest BCUT2D eigenvalue weighted by Gasteiger charge is 2.53. The third-order valence-electron chi connectivity index (χ3n) is 7.95. The van der Waals surface area contributed by atoms with Crippen molar-refractivity contribution in [3.63, 3.8) is 0 Å². The number of nitrogens with one attached hydrogen (secondary N) is 1. The van der Waals surface area contributed by atoms with Crippen molar-refractivity contribution < 1.29 is 58.4 Å². The maximum atomic E-state index is 13.4. The predicted molar refractivity (Wildman–Crippen MR) is 157 cm³/mol. The van der Waals surface area contributed by atoms with Crippen LogP contribution in [0.25, 0.3) is 6.08 Å². The van der Waals surface area contributed by atoms with Gasteiger partial charge in [-0.05, 0) is 61.4 Å². The minimum absolute atomic E-state index is 0.0639. The Bertz CT molecular complexity index is 1450. The second-order valence-electron chi connectivity index (χ2n) is 11.1. The lowest BCUT2D eigenvalue weighted by atomic mass is 9.83. The number of carbonyl (C=O) groups excluding carboxylic acids is 1. The Balaban J connectivity index is 1.16. The first-order chi connectivity index (χ1) is 21.4. The van der Waals surface area contributed by atoms with E-state index in [-0.39, 0.29) is 47.7 Å². The van der Waals surface area contributed by atoms with Crippen LogP contribution in [0.1, 0.15) is 25.8 Å². The second-order valence-corrected chi connectivity index (χ2v) is 11.6. The van der Waals surface area contributed by atoms with Gasteiger partial charge < -0.3 is 54.5 Å². The van der Waals surface area contributed by atoms with Gasteiger partial charge in [0.2, 0.25) is 12.2 Å². The number of benzene rings is 2. The molecule has 0 spiro atoms. The standard InChI is InChI=1S/C31H35ClFNO11/c1-14(7-8-41-22-11-17(33)4-5-18(22)32)28-20(36)12-23(45-28)44-21-6-3-16(10-19(21)35)9-15(2)31(40)34-24-25(37)27(39)30-29(26(24)38)42-13-43-30/h3-7,9-11,20,23-30,35-39H,8,12-13H2,1-2H3,(H,34,40)/b14-7+,15-9+/t20-,23+,24+,25-,26+,27+,28+,29-,30+/m0/s1. The number of rotatable bonds is 9. The first-order valence-electron chi connectivity index (χ1n) is 14.3. The van der Waals surface area contributed by atoms with E-state index in [9.17, 15) is 34.7 Å². The number of ether oxygens (including phenoxy) is 5. The van der Waals surface area contributed by atoms with Gasteiger partial charge in [-0.1, -0.05) is 17.7 Å². The predicted octanol–water partition coefficient (Wildman–Crippen LogP) is 1.79. The van der Waals surface area contributed by atoms with Crippen LogP contribution in [0.5, 0.6) is 17.2 Å². The molecule has 5 rings (SSSR count). The largest absolute Gasteiger partial charge is 0.504 e. The Morgan fingerprint density at radius 1 is 1.04 bits per heavy atom. The Hall–Kier alpha value is -3.27. The first kappa shape index (κ1) is 33.1. The lowest BCUT2D eigenvalue weighted by Crippen LogP contribution is -2.67. The number of aromatic hydroxyl groups is 1. The number of halogens is 2. The zero-order valence-corrected chi connectivity index (χ0v) is 25.1. The number of carbonyl (C=O) groups is 1. The van der Waals surface area contributed by atoms with Gasteiger partial charge in [0.05, 0.1) is 17.2 Å². The van der Waals surface area contributed by atoms with Crippen molar-refractivity contribution in [1.29, 1.82) is 0 Å². The molecule has 1 saturated carbocycles. The molecule has 0 bridgehead atoms. The van der Waals surface area contributed by atoms with Crippen LogP contribution in [0.2, 0.25) is 5.02 Å². The molecule has 0 radical (unpaired) electrons. The minimum atomic E-state index is -1.48. The summed E-state index contributed by atoms with van der Waals surface area (Å²) in [6, 6.07) is 7.04. The molecule has 6 N–H and O–H groups in total. The molecule has 2 aromatic carbocycles. The maximum Gasteiger partial charge on any atom is 0.247 e. The molecule has 9 atom stereocenters. The van der Waals surface area contributed by atoms with Crippen molar-refractivity contribution in [2.24, 2.45) is 0 Å². The summed E-state index contributed by atoms with van der Waals surface area (Å²) in [4.78, 5) is 12.9. The van der Waals surface area contributed by atoms with Gasteiger partial charge in [-0.2, -0.15) is 0 Å². The van der Waals surface area contributed by atoms with Crippen LogP contribution in [0.15, 0.2) is 53.6 Å². The monoisotopic (exact) mass is 651 g/mol. The van der Waals surface area contributed by atoms with Gasteiger partial charge in [-0.3, -0.25) is 4.79 Å². The van der Waals surface area contributed by atoms with Crippen molar-refractivity contribution in [3.05, 3.63) is 70.0 Å². The number of hydrogen-bond donors (Lipinski definition) is 6. The fourth-order valence-corrected chi connectivity index (χ4v) is 5.66. The summed E-state index contributed by atoms with van der Waals surface area (Å²) in [7, 11) is 0. The van der Waals surface area contributed by atoms with Crippen LogP contribution in [-0.4, -0.2) is 99.9 Å². The highest BCUT2D eigenvalue weighted by atomic mass is 35.5. The van der Waals surface area contributed by atoms with Crippen LogP contribution in [0.4, 0.5) is 4.39 Å². The number of fused-ring (bicyclic) bond motifs is 1. The van der Waals surface area contributed by atoms with Gasteiger partial charge in [0, 0.05) is 18.1 Å². The number of aliphatic hydroxyl groups is 4. The molecule has 2 saturated heterocycles. The van der Waals surface area contributed by atoms with Gasteiger partial charge in [0.25, 0.3) is 0 Å². The summed E-state index contributed by atoms with van der Waals surface area (Å²) in [6.45, 7) is 3.17. The van der Waals surface area contributed by atoms with E-state index in [4.69, 9.17) is 35.3 Å². The van der Waals surface area contributed by atoms with E-state index in [1.165, 1.54) is 43.3 Å². The first-order valence-corrected chi connectivity index (χ1v) is 14.6. The number of hydrogen-bond acceptors (Lipinski definition) is 11. The molecule has 1 amide bonds. The van der Waals surface area contributed by atoms with Crippen molar-refractivity contribution in [2.45, 2.75) is 75.3 Å². The van der Waals surface area contributed by atoms with Gasteiger partial charge >= 0.3 is 0 Å². The smallest absolute Gasteiger partial charge is 0.247 e. The number of phenols is 1. The third kappa shape index (κ3) is 7.42. The molecule has 2 heterocycles. The Morgan fingerprint density at radius 3 is 2.51 bits per heavy atom. The average Bonchev–Trinajstić information content (AvgIpc) is 3.64. The summed E-state index contributed by atoms with van der Waals surface area (Å²) in [5.41, 5.74) is 1.30. The zero-order chi connectivity index (χ0) is 32.4. The van der Waals surface area contributed by atoms with Crippen LogP contribution in [-0.2, 0) is 19.0 Å². The highest BCUT2D eigenvalue weighted by molar-refractivity contribution is 6.32. The van der Waals surface area contributed by atoms with Crippen molar-refractivity contribution in [3.8, 4) is 17.2 Å². The Labute approximate surface area is 263 Å². The molecule has 244 valence electrons. The van der Waals surface area contributed by atoms with E-state index in [2.05, 4.69) is 5.32 Å². The van der Waals surface area contributed by atoms with E-state index in [0.717, 1.165) is 0 Å². The minimum Gasteiger partial charge on any atom is -0.504 e. The molecule has 0 aromatic heterocycles. The molecule has 3 aliphatic rings. The molecular formula is C31H35ClFNO11. The second kappa shape index (κ2) is 14.0. The third-order valence-corrected chi connectivity index (χ3v) is 8.26. The molecule has 1 aliphatic carbocycles. The summed E-state index contributed by atoms with van der Waals surface area (Å²) < 4.78 is 41.1. The van der Waals surface area contributed by atoms with Gasteiger partial charge in [-0.15, -0.1) is 0 Å². The lowest BCUT2D eigenvalue weighted by Gasteiger charge is -2.41. The van der Waals surface area contributed by atoms with Gasteiger partial charge in [-0.25, -0.2) is 4.39 Å². The van der Waals surface area contributed by atoms with Crippen molar-refractivity contribution >= 4 is 23.6 Å². The molecular weight excluding hydrogens is 617 g/mol. The van der Waals surface area contributed by atoms with Gasteiger partial charge in [0.1, 0.15) is 61.6 Å². The summed E-state index contributed by atoms with van der Waals surface area (Å²) in [5.74, 6) is -1.06. The van der Waals surface area contributed by atoms with Crippen LogP contribution in [0, 0.1) is 5.82 Å². The number of aliphatic hydroxyl groups excluding tert-OH is 4. The molecule has 3 fully saturated rings. The summed E-state index contributed by atoms with van der Waals surface area (Å²) in [6.07, 6.45) is -5.14. The van der Waals surface area contributed by atoms with E-state index >= 15 is 0 Å². The molecule has 0 unspecified atom stereocenters. The average molecular weight is 652 g/mol. The highest BCUT2D eigenvalue weighted by Crippen LogP contribution is 2.34. The molecule has 14 heteroatoms. The molecule has 45 heavy (non-hydrogen) atoms. The SMILES string of the molecule is C/C(=C\c1ccc(O[C@H]2C[C@H](O)[C@@H](/C(C)=C/COc3cc(F)ccc3Cl)O2)c(O)c1)C(=O)N[C@@H]1[C@H](O)[C@@H](O)[C@H]2OCO[C@H]2[C@@H]1O. The van der Waals surface area contributed by atoms with E-state index in [0.29, 0.717) is 11.1 Å². The molecule has 2 aliphatic heterocycles. The number of amides is 1. The summed E-state index contributed by atoms with van der Waals surface area (Å²) >= 11 is 6.02. The van der Waals surface area contributed by atoms with Crippen LogP contribution in [0.3, 0.4) is 0 Å². The Morgan fingerprint density at radius 2 is 1.78 bits per heavy atom. The summed E-state index contributed by atoms with van der Waals surface area (Å²) in [5, 5.41) is 55.3. The van der Waals surface area contributed by atoms with E-state index in [1.54, 1.807) is 19.1 Å².